The molecule has 0 radical (unpaired) electrons. The number of fused-ring (bicyclic) bond motifs is 1. The number of hydrogen-bond acceptors (Lipinski definition) is 5. The van der Waals surface area contributed by atoms with Crippen molar-refractivity contribution in [1.82, 2.24) is 25.1 Å². The van der Waals surface area contributed by atoms with Gasteiger partial charge in [0.25, 0.3) is 0 Å². The van der Waals surface area contributed by atoms with Gasteiger partial charge in [-0.1, -0.05) is 0 Å². The molecule has 0 aliphatic carbocycles. The predicted molar refractivity (Wildman–Crippen MR) is 99.7 cm³/mol. The van der Waals surface area contributed by atoms with Crippen LogP contribution in [-0.4, -0.2) is 51.2 Å². The molecule has 0 saturated carbocycles. The summed E-state index contributed by atoms with van der Waals surface area (Å²) in [5.41, 5.74) is 1.81. The van der Waals surface area contributed by atoms with Crippen LogP contribution in [0.25, 0.3) is 10.9 Å². The summed E-state index contributed by atoms with van der Waals surface area (Å²) in [5.74, 6) is -4.41. The number of likely N-dealkylation sites (N-methyl/N-ethyl adjacent to an activating group) is 1. The van der Waals surface area contributed by atoms with Crippen molar-refractivity contribution in [2.75, 3.05) is 13.2 Å². The number of aromatic nitrogens is 4. The van der Waals surface area contributed by atoms with E-state index < -0.39 is 19.0 Å². The summed E-state index contributed by atoms with van der Waals surface area (Å²) in [5, 5.41) is 7.88. The highest BCUT2D eigenvalue weighted by Crippen LogP contribution is 2.24. The number of nitrogens with one attached hydrogen (secondary N) is 1. The molecule has 7 nitrogen and oxygen atoms in total. The molecule has 0 aliphatic heterocycles. The molecular weight excluding hydrogens is 406 g/mol. The summed E-state index contributed by atoms with van der Waals surface area (Å²) < 4.78 is 56.5. The van der Waals surface area contributed by atoms with Crippen LogP contribution < -0.4 is 10.1 Å². The van der Waals surface area contributed by atoms with Crippen LogP contribution >= 0.6 is 0 Å². The Labute approximate surface area is 169 Å². The van der Waals surface area contributed by atoms with Crippen molar-refractivity contribution in [3.05, 3.63) is 48.2 Å². The summed E-state index contributed by atoms with van der Waals surface area (Å²) in [6.07, 6.45) is 0.832. The van der Waals surface area contributed by atoms with E-state index in [1.165, 1.54) is 18.3 Å². The lowest BCUT2D eigenvalue weighted by Gasteiger charge is -2.15. The quantitative estimate of drug-likeness (QED) is 0.533. The maximum Gasteiger partial charge on any atom is 0.340 e. The molecule has 30 heavy (non-hydrogen) atoms. The minimum atomic E-state index is -4.23. The monoisotopic (exact) mass is 425 g/mol. The third-order valence-electron chi connectivity index (χ3n) is 4.14. The van der Waals surface area contributed by atoms with Crippen LogP contribution in [0.2, 0.25) is 0 Å². The Bertz CT molecular complexity index is 1010. The van der Waals surface area contributed by atoms with E-state index in [0.717, 1.165) is 5.39 Å². The van der Waals surface area contributed by atoms with Crippen molar-refractivity contribution in [2.24, 2.45) is 0 Å². The van der Waals surface area contributed by atoms with Crippen LogP contribution in [0.5, 0.6) is 5.75 Å². The summed E-state index contributed by atoms with van der Waals surface area (Å²) in [6, 6.07) is 4.62. The SMILES string of the molecule is CCNC(=O)Cc1nccc2nn(Cc3ccc(OCC(F)(F)C(F)F)cn3)cc12. The zero-order chi connectivity index (χ0) is 21.7. The number of carbonyl (C=O) groups excluding carboxylic acids is 1. The number of carbonyl (C=O) groups is 1. The Morgan fingerprint density at radius 2 is 2.07 bits per heavy atom. The van der Waals surface area contributed by atoms with E-state index in [9.17, 15) is 22.4 Å². The third-order valence-corrected chi connectivity index (χ3v) is 4.14. The Hall–Kier alpha value is -3.24. The second-order valence-electron chi connectivity index (χ2n) is 6.48. The van der Waals surface area contributed by atoms with Crippen LogP contribution in [0.15, 0.2) is 36.8 Å². The van der Waals surface area contributed by atoms with Gasteiger partial charge < -0.3 is 10.1 Å². The van der Waals surface area contributed by atoms with Gasteiger partial charge in [-0.05, 0) is 25.1 Å². The molecule has 0 aromatic carbocycles. The summed E-state index contributed by atoms with van der Waals surface area (Å²) in [4.78, 5) is 20.2. The lowest BCUT2D eigenvalue weighted by molar-refractivity contribution is -0.148. The first kappa shape index (κ1) is 21.5. The van der Waals surface area contributed by atoms with Gasteiger partial charge >= 0.3 is 12.3 Å². The number of alkyl halides is 4. The molecule has 0 spiro atoms. The average molecular weight is 425 g/mol. The largest absolute Gasteiger partial charge is 0.485 e. The zero-order valence-electron chi connectivity index (χ0n) is 16.0. The Kier molecular flexibility index (Phi) is 6.48. The molecule has 3 aromatic rings. The van der Waals surface area contributed by atoms with Crippen LogP contribution in [0, 0.1) is 0 Å². The second kappa shape index (κ2) is 9.06. The fourth-order valence-electron chi connectivity index (χ4n) is 2.68. The van der Waals surface area contributed by atoms with Gasteiger partial charge in [0.2, 0.25) is 5.91 Å². The van der Waals surface area contributed by atoms with Crippen LogP contribution in [0.3, 0.4) is 0 Å². The normalized spacial score (nSPS) is 11.8. The van der Waals surface area contributed by atoms with E-state index in [1.54, 1.807) is 23.1 Å². The molecule has 1 N–H and O–H groups in total. The number of nitrogens with zero attached hydrogens (tertiary/aromatic N) is 4. The van der Waals surface area contributed by atoms with Crippen LogP contribution in [0.4, 0.5) is 17.6 Å². The summed E-state index contributed by atoms with van der Waals surface area (Å²) >= 11 is 0. The van der Waals surface area contributed by atoms with Gasteiger partial charge in [0.05, 0.1) is 36.1 Å². The molecule has 11 heteroatoms. The Balaban J connectivity index is 1.68. The molecule has 0 fully saturated rings. The van der Waals surface area contributed by atoms with E-state index in [0.29, 0.717) is 23.4 Å². The second-order valence-corrected chi connectivity index (χ2v) is 6.48. The number of hydrogen-bond donors (Lipinski definition) is 1. The lowest BCUT2D eigenvalue weighted by atomic mass is 10.2. The van der Waals surface area contributed by atoms with Gasteiger partial charge in [-0.2, -0.15) is 13.9 Å². The highest BCUT2D eigenvalue weighted by molar-refractivity contribution is 5.86. The van der Waals surface area contributed by atoms with Crippen molar-refractivity contribution in [2.45, 2.75) is 32.2 Å². The Morgan fingerprint density at radius 1 is 1.27 bits per heavy atom. The minimum Gasteiger partial charge on any atom is -0.485 e. The van der Waals surface area contributed by atoms with Gasteiger partial charge in [-0.3, -0.25) is 19.4 Å². The minimum absolute atomic E-state index is 0.0434. The van der Waals surface area contributed by atoms with Crippen LogP contribution in [-0.2, 0) is 17.8 Å². The van der Waals surface area contributed by atoms with Gasteiger partial charge in [0, 0.05) is 24.3 Å². The molecule has 0 bridgehead atoms. The zero-order valence-corrected chi connectivity index (χ0v) is 16.0. The molecule has 3 aromatic heterocycles. The average Bonchev–Trinajstić information content (AvgIpc) is 3.11. The molecule has 0 unspecified atom stereocenters. The first-order valence-electron chi connectivity index (χ1n) is 9.10. The van der Waals surface area contributed by atoms with Gasteiger partial charge in [0.15, 0.2) is 6.61 Å². The van der Waals surface area contributed by atoms with Gasteiger partial charge in [-0.25, -0.2) is 8.78 Å². The predicted octanol–water partition coefficient (Wildman–Crippen LogP) is 2.83. The standard InChI is InChI=1S/C19H19F4N5O2/c1-2-24-17(29)7-16-14-10-28(27-15(14)5-6-25-16)9-12-3-4-13(8-26-12)30-11-19(22,23)18(20)21/h3-6,8,10,18H,2,7,9,11H2,1H3,(H,24,29). The van der Waals surface area contributed by atoms with E-state index in [2.05, 4.69) is 20.4 Å². The van der Waals surface area contributed by atoms with E-state index in [-0.39, 0.29) is 24.6 Å². The highest BCUT2D eigenvalue weighted by atomic mass is 19.3. The molecule has 160 valence electrons. The maximum absolute atomic E-state index is 12.9. The molecule has 3 rings (SSSR count). The molecule has 0 aliphatic rings. The molecule has 3 heterocycles. The molecule has 0 atom stereocenters. The van der Waals surface area contributed by atoms with Crippen molar-refractivity contribution < 1.29 is 27.1 Å². The summed E-state index contributed by atoms with van der Waals surface area (Å²) in [6.45, 7) is 1.19. The number of rotatable bonds is 9. The summed E-state index contributed by atoms with van der Waals surface area (Å²) in [7, 11) is 0. The topological polar surface area (TPSA) is 81.9 Å². The van der Waals surface area contributed by atoms with Gasteiger partial charge in [-0.15, -0.1) is 0 Å². The lowest BCUT2D eigenvalue weighted by Crippen LogP contribution is -2.33. The number of pyridine rings is 2. The van der Waals surface area contributed by atoms with E-state index in [4.69, 9.17) is 4.74 Å². The fraction of sp³-hybridized carbons (Fsp3) is 0.368. The molecular formula is C19H19F4N5O2. The smallest absolute Gasteiger partial charge is 0.340 e. The first-order valence-corrected chi connectivity index (χ1v) is 9.10. The maximum atomic E-state index is 12.9. The third kappa shape index (κ3) is 5.22. The van der Waals surface area contributed by atoms with Crippen molar-refractivity contribution in [3.8, 4) is 5.75 Å². The number of halogens is 4. The van der Waals surface area contributed by atoms with Crippen LogP contribution in [0.1, 0.15) is 18.3 Å². The van der Waals surface area contributed by atoms with Crippen molar-refractivity contribution >= 4 is 16.8 Å². The van der Waals surface area contributed by atoms with Crippen molar-refractivity contribution in [3.63, 3.8) is 0 Å². The molecule has 1 amide bonds. The fourth-order valence-corrected chi connectivity index (χ4v) is 2.68. The van der Waals surface area contributed by atoms with Gasteiger partial charge in [0.1, 0.15) is 5.75 Å². The number of amides is 1. The molecule has 0 saturated heterocycles. The number of ether oxygens (including phenoxy) is 1. The van der Waals surface area contributed by atoms with E-state index >= 15 is 0 Å². The highest BCUT2D eigenvalue weighted by Gasteiger charge is 2.41. The van der Waals surface area contributed by atoms with Crippen molar-refractivity contribution in [1.29, 1.82) is 0 Å². The first-order chi connectivity index (χ1) is 14.3. The van der Waals surface area contributed by atoms with E-state index in [1.807, 2.05) is 6.92 Å². The Morgan fingerprint density at radius 3 is 2.73 bits per heavy atom.